The fourth-order valence-corrected chi connectivity index (χ4v) is 4.66. The van der Waals surface area contributed by atoms with Gasteiger partial charge in [-0.15, -0.1) is 11.3 Å². The van der Waals surface area contributed by atoms with Crippen LogP contribution in [0.2, 0.25) is 0 Å². The van der Waals surface area contributed by atoms with Crippen LogP contribution in [0.4, 0.5) is 0 Å². The van der Waals surface area contributed by atoms with Crippen molar-refractivity contribution in [1.82, 2.24) is 10.2 Å². The minimum atomic E-state index is 0.216. The van der Waals surface area contributed by atoms with E-state index in [0.717, 1.165) is 45.5 Å². The summed E-state index contributed by atoms with van der Waals surface area (Å²) in [6, 6.07) is 4.33. The van der Waals surface area contributed by atoms with Crippen LogP contribution in [0, 0.1) is 11.3 Å². The predicted octanol–water partition coefficient (Wildman–Crippen LogP) is 2.26. The predicted molar refractivity (Wildman–Crippen MR) is 86.7 cm³/mol. The molecule has 5 heteroatoms. The lowest BCUT2D eigenvalue weighted by Crippen LogP contribution is -2.56. The van der Waals surface area contributed by atoms with Gasteiger partial charge in [0.05, 0.1) is 12.7 Å². The molecule has 1 aromatic heterocycles. The molecule has 2 aliphatic heterocycles. The van der Waals surface area contributed by atoms with E-state index in [0.29, 0.717) is 12.0 Å². The average Bonchev–Trinajstić information content (AvgIpc) is 3.03. The Bertz CT molecular complexity index is 521. The van der Waals surface area contributed by atoms with Crippen LogP contribution in [0.5, 0.6) is 0 Å². The molecule has 4 nitrogen and oxygen atoms in total. The average molecular weight is 320 g/mol. The van der Waals surface area contributed by atoms with Crippen molar-refractivity contribution in [2.75, 3.05) is 26.2 Å². The van der Waals surface area contributed by atoms with Gasteiger partial charge in [0.1, 0.15) is 0 Å². The highest BCUT2D eigenvalue weighted by molar-refractivity contribution is 7.09. The van der Waals surface area contributed by atoms with E-state index in [-0.39, 0.29) is 17.9 Å². The van der Waals surface area contributed by atoms with Gasteiger partial charge in [-0.1, -0.05) is 12.5 Å². The third-order valence-corrected chi connectivity index (χ3v) is 6.20. The first-order chi connectivity index (χ1) is 10.7. The normalized spacial score (nSPS) is 27.5. The second-order valence-corrected chi connectivity index (χ2v) is 8.27. The number of rotatable bonds is 5. The minimum Gasteiger partial charge on any atom is -0.376 e. The number of amides is 1. The van der Waals surface area contributed by atoms with Gasteiger partial charge in [-0.3, -0.25) is 9.69 Å². The van der Waals surface area contributed by atoms with Gasteiger partial charge in [-0.2, -0.15) is 0 Å². The largest absolute Gasteiger partial charge is 0.376 e. The van der Waals surface area contributed by atoms with E-state index in [1.54, 1.807) is 0 Å². The molecule has 0 bridgehead atoms. The molecule has 1 amide bonds. The Morgan fingerprint density at radius 1 is 1.45 bits per heavy atom. The molecule has 22 heavy (non-hydrogen) atoms. The van der Waals surface area contributed by atoms with Crippen LogP contribution >= 0.6 is 11.3 Å². The van der Waals surface area contributed by atoms with E-state index < -0.39 is 0 Å². The molecule has 1 saturated carbocycles. The number of hydrogen-bond donors (Lipinski definition) is 1. The molecule has 1 unspecified atom stereocenters. The van der Waals surface area contributed by atoms with Crippen molar-refractivity contribution in [2.45, 2.75) is 38.3 Å². The number of nitrogens with one attached hydrogen (secondary N) is 1. The van der Waals surface area contributed by atoms with E-state index in [4.69, 9.17) is 4.74 Å². The molecule has 1 spiro atoms. The Morgan fingerprint density at radius 3 is 3.00 bits per heavy atom. The number of nitrogens with zero attached hydrogens (tertiary/aromatic N) is 1. The maximum Gasteiger partial charge on any atom is 0.223 e. The van der Waals surface area contributed by atoms with Crippen molar-refractivity contribution >= 4 is 17.2 Å². The van der Waals surface area contributed by atoms with E-state index in [1.165, 1.54) is 11.3 Å². The van der Waals surface area contributed by atoms with Crippen LogP contribution in [-0.4, -0.2) is 43.2 Å². The summed E-state index contributed by atoms with van der Waals surface area (Å²) in [5.41, 5.74) is 0.350. The summed E-state index contributed by atoms with van der Waals surface area (Å²) in [5, 5.41) is 5.23. The smallest absolute Gasteiger partial charge is 0.223 e. The van der Waals surface area contributed by atoms with Crippen LogP contribution < -0.4 is 5.32 Å². The summed E-state index contributed by atoms with van der Waals surface area (Å²) >= 11 is 1.83. The number of carbonyl (C=O) groups excluding carboxylic acids is 1. The topological polar surface area (TPSA) is 41.6 Å². The number of ether oxygens (including phenoxy) is 1. The Morgan fingerprint density at radius 2 is 2.32 bits per heavy atom. The van der Waals surface area contributed by atoms with Gasteiger partial charge in [0.15, 0.2) is 0 Å². The zero-order valence-electron chi connectivity index (χ0n) is 12.9. The highest BCUT2D eigenvalue weighted by Gasteiger charge is 2.48. The quantitative estimate of drug-likeness (QED) is 0.905. The number of likely N-dealkylation sites (tertiary alicyclic amines) is 1. The third-order valence-electron chi connectivity index (χ3n) is 5.34. The van der Waals surface area contributed by atoms with Gasteiger partial charge < -0.3 is 10.1 Å². The van der Waals surface area contributed by atoms with Gasteiger partial charge in [0.2, 0.25) is 5.91 Å². The molecule has 2 saturated heterocycles. The first kappa shape index (κ1) is 14.7. The Hall–Kier alpha value is -0.910. The molecular weight excluding hydrogens is 296 g/mol. The summed E-state index contributed by atoms with van der Waals surface area (Å²) in [6.07, 6.45) is 4.66. The zero-order chi connectivity index (χ0) is 15.0. The van der Waals surface area contributed by atoms with Gasteiger partial charge in [-0.05, 0) is 30.7 Å². The van der Waals surface area contributed by atoms with E-state index >= 15 is 0 Å². The fraction of sp³-hybridized carbons (Fsp3) is 0.706. The van der Waals surface area contributed by atoms with Gasteiger partial charge in [0, 0.05) is 42.4 Å². The summed E-state index contributed by atoms with van der Waals surface area (Å²) in [4.78, 5) is 15.8. The summed E-state index contributed by atoms with van der Waals surface area (Å²) < 4.78 is 5.94. The van der Waals surface area contributed by atoms with Crippen LogP contribution in [0.15, 0.2) is 17.5 Å². The highest BCUT2D eigenvalue weighted by Crippen LogP contribution is 2.41. The zero-order valence-corrected chi connectivity index (χ0v) is 13.7. The highest BCUT2D eigenvalue weighted by atomic mass is 32.1. The molecule has 0 aromatic carbocycles. The van der Waals surface area contributed by atoms with Crippen molar-refractivity contribution in [3.63, 3.8) is 0 Å². The molecule has 3 fully saturated rings. The Balaban J connectivity index is 1.19. The van der Waals surface area contributed by atoms with E-state index in [1.807, 2.05) is 11.3 Å². The molecule has 1 atom stereocenters. The first-order valence-electron chi connectivity index (χ1n) is 8.37. The third kappa shape index (κ3) is 2.94. The monoisotopic (exact) mass is 320 g/mol. The molecule has 1 aromatic rings. The van der Waals surface area contributed by atoms with Crippen molar-refractivity contribution in [1.29, 1.82) is 0 Å². The minimum absolute atomic E-state index is 0.216. The Labute approximate surface area is 135 Å². The summed E-state index contributed by atoms with van der Waals surface area (Å²) in [7, 11) is 0. The SMILES string of the molecule is O=C(NCC1CC2(CO1)CN(Cc1cccs1)C2)C1CCC1. The standard InChI is InChI=1S/C17H24N2O2S/c20-16(13-3-1-4-13)18-8-14-7-17(12-21-14)10-19(11-17)9-15-5-2-6-22-15/h2,5-6,13-14H,1,3-4,7-12H2,(H,18,20). The maximum atomic E-state index is 11.9. The lowest BCUT2D eigenvalue weighted by Gasteiger charge is -2.47. The van der Waals surface area contributed by atoms with Crippen molar-refractivity contribution in [2.24, 2.45) is 11.3 Å². The molecular formula is C17H24N2O2S. The van der Waals surface area contributed by atoms with Gasteiger partial charge in [0.25, 0.3) is 0 Å². The first-order valence-corrected chi connectivity index (χ1v) is 9.24. The van der Waals surface area contributed by atoms with E-state index in [9.17, 15) is 4.79 Å². The second kappa shape index (κ2) is 5.95. The number of thiophene rings is 1. The molecule has 120 valence electrons. The lowest BCUT2D eigenvalue weighted by atomic mass is 9.78. The molecule has 1 aliphatic carbocycles. The number of hydrogen-bond acceptors (Lipinski definition) is 4. The van der Waals surface area contributed by atoms with Crippen LogP contribution in [-0.2, 0) is 16.1 Å². The van der Waals surface area contributed by atoms with Crippen LogP contribution in [0.1, 0.15) is 30.6 Å². The summed E-state index contributed by atoms with van der Waals surface area (Å²) in [5.74, 6) is 0.518. The van der Waals surface area contributed by atoms with Gasteiger partial charge in [-0.25, -0.2) is 0 Å². The van der Waals surface area contributed by atoms with Crippen molar-refractivity contribution in [3.8, 4) is 0 Å². The molecule has 3 heterocycles. The maximum absolute atomic E-state index is 11.9. The molecule has 1 N–H and O–H groups in total. The summed E-state index contributed by atoms with van der Waals surface area (Å²) in [6.45, 7) is 4.90. The van der Waals surface area contributed by atoms with Crippen LogP contribution in [0.3, 0.4) is 0 Å². The second-order valence-electron chi connectivity index (χ2n) is 7.23. The number of carbonyl (C=O) groups is 1. The van der Waals surface area contributed by atoms with Crippen LogP contribution in [0.25, 0.3) is 0 Å². The Kier molecular flexibility index (Phi) is 3.96. The lowest BCUT2D eigenvalue weighted by molar-refractivity contribution is -0.127. The van der Waals surface area contributed by atoms with E-state index in [2.05, 4.69) is 27.7 Å². The van der Waals surface area contributed by atoms with Crippen molar-refractivity contribution < 1.29 is 9.53 Å². The fourth-order valence-electron chi connectivity index (χ4n) is 3.91. The van der Waals surface area contributed by atoms with Gasteiger partial charge >= 0.3 is 0 Å². The molecule has 0 radical (unpaired) electrons. The molecule has 4 rings (SSSR count). The molecule has 3 aliphatic rings. The van der Waals surface area contributed by atoms with Crippen molar-refractivity contribution in [3.05, 3.63) is 22.4 Å².